The van der Waals surface area contributed by atoms with Crippen molar-refractivity contribution in [2.75, 3.05) is 0 Å². The Morgan fingerprint density at radius 3 is 1.71 bits per heavy atom. The van der Waals surface area contributed by atoms with Gasteiger partial charge < -0.3 is 4.74 Å². The molecule has 0 radical (unpaired) electrons. The lowest BCUT2D eigenvalue weighted by Gasteiger charge is -2.25. The number of ether oxygens (including phenoxy) is 1. The monoisotopic (exact) mass is 326 g/mol. The van der Waals surface area contributed by atoms with Gasteiger partial charge in [0, 0.05) is 0 Å². The van der Waals surface area contributed by atoms with E-state index in [-0.39, 0.29) is 22.9 Å². The summed E-state index contributed by atoms with van der Waals surface area (Å²) in [4.78, 5) is 56.7. The Hall–Kier alpha value is -3.62. The molecule has 1 aliphatic rings. The van der Waals surface area contributed by atoms with Crippen LogP contribution in [0.25, 0.3) is 0 Å². The molecule has 0 saturated carbocycles. The van der Waals surface area contributed by atoms with Crippen molar-refractivity contribution in [3.63, 3.8) is 0 Å². The molecule has 9 heteroatoms. The number of nitrogens with one attached hydrogen (secondary N) is 4. The quantitative estimate of drug-likeness (QED) is 0.381. The predicted octanol–water partition coefficient (Wildman–Crippen LogP) is -0.274. The first-order chi connectivity index (χ1) is 11.5. The van der Waals surface area contributed by atoms with Crippen LogP contribution in [0, 0.1) is 0 Å². The highest BCUT2D eigenvalue weighted by Gasteiger charge is 2.35. The van der Waals surface area contributed by atoms with E-state index in [0.717, 1.165) is 0 Å². The zero-order valence-electron chi connectivity index (χ0n) is 12.0. The number of aromatic nitrogens is 4. The molecular formula is C15H10N4O5. The number of fused-ring (bicyclic) bond motifs is 2. The van der Waals surface area contributed by atoms with Crippen LogP contribution in [0.4, 0.5) is 0 Å². The molecule has 2 aromatic heterocycles. The molecule has 120 valence electrons. The third kappa shape index (κ3) is 2.02. The van der Waals surface area contributed by atoms with Gasteiger partial charge in [0.25, 0.3) is 11.1 Å². The number of aromatic amines is 4. The van der Waals surface area contributed by atoms with Gasteiger partial charge in [0.05, 0.1) is 17.0 Å². The Labute approximate surface area is 132 Å². The van der Waals surface area contributed by atoms with Crippen molar-refractivity contribution in [2.24, 2.45) is 0 Å². The number of hydrogen-bond acceptors (Lipinski definition) is 5. The molecule has 24 heavy (non-hydrogen) atoms. The molecule has 3 heterocycles. The van der Waals surface area contributed by atoms with Crippen LogP contribution in [-0.2, 0) is 0 Å². The summed E-state index contributed by atoms with van der Waals surface area (Å²) in [6.07, 6.45) is 0. The second kappa shape index (κ2) is 4.95. The molecule has 0 amide bonds. The van der Waals surface area contributed by atoms with Gasteiger partial charge in [0.15, 0.2) is 0 Å². The van der Waals surface area contributed by atoms with E-state index in [1.807, 2.05) is 0 Å². The van der Waals surface area contributed by atoms with Crippen molar-refractivity contribution in [3.8, 4) is 11.8 Å². The summed E-state index contributed by atoms with van der Waals surface area (Å²) < 4.78 is 5.40. The minimum atomic E-state index is -0.800. The maximum Gasteiger partial charge on any atom is 0.328 e. The number of H-pyrrole nitrogens is 4. The smallest absolute Gasteiger partial charge is 0.328 e. The molecule has 9 nitrogen and oxygen atoms in total. The average Bonchev–Trinajstić information content (AvgIpc) is 2.53. The zero-order valence-corrected chi connectivity index (χ0v) is 12.0. The number of hydrogen-bond donors (Lipinski definition) is 4. The summed E-state index contributed by atoms with van der Waals surface area (Å²) in [5.41, 5.74) is -2.02. The second-order valence-corrected chi connectivity index (χ2v) is 5.25. The largest absolute Gasteiger partial charge is 0.423 e. The molecule has 0 saturated heterocycles. The molecule has 0 bridgehead atoms. The molecule has 1 aliphatic heterocycles. The van der Waals surface area contributed by atoms with E-state index in [4.69, 9.17) is 4.74 Å². The lowest BCUT2D eigenvalue weighted by molar-refractivity contribution is 0.405. The van der Waals surface area contributed by atoms with Crippen molar-refractivity contribution in [2.45, 2.75) is 5.92 Å². The standard InChI is InChI=1S/C15H10N4O5/c20-10-8-7(6-4-2-1-3-5-6)9-11(21)17-15(23)19-13(9)24-12(8)18-14(22)16-10/h1-5,7H,(H2,16,18,20,22)(H2,17,19,21,23). The van der Waals surface area contributed by atoms with E-state index in [2.05, 4.69) is 19.9 Å². The van der Waals surface area contributed by atoms with E-state index in [0.29, 0.717) is 5.56 Å². The zero-order chi connectivity index (χ0) is 16.8. The molecule has 0 unspecified atom stereocenters. The Balaban J connectivity index is 2.13. The van der Waals surface area contributed by atoms with Crippen LogP contribution in [0.2, 0.25) is 0 Å². The van der Waals surface area contributed by atoms with Gasteiger partial charge in [-0.05, 0) is 5.56 Å². The van der Waals surface area contributed by atoms with Crippen LogP contribution in [0.3, 0.4) is 0 Å². The molecule has 0 fully saturated rings. The highest BCUT2D eigenvalue weighted by atomic mass is 16.5. The Morgan fingerprint density at radius 2 is 1.21 bits per heavy atom. The molecule has 0 aliphatic carbocycles. The first kappa shape index (κ1) is 14.0. The lowest BCUT2D eigenvalue weighted by Crippen LogP contribution is -2.36. The number of benzene rings is 1. The molecule has 0 spiro atoms. The van der Waals surface area contributed by atoms with Gasteiger partial charge in [-0.15, -0.1) is 0 Å². The van der Waals surface area contributed by atoms with Gasteiger partial charge in [-0.3, -0.25) is 29.5 Å². The van der Waals surface area contributed by atoms with E-state index in [1.54, 1.807) is 30.3 Å². The fourth-order valence-corrected chi connectivity index (χ4v) is 2.86. The molecule has 4 rings (SSSR count). The summed E-state index contributed by atoms with van der Waals surface area (Å²) in [5.74, 6) is -1.01. The van der Waals surface area contributed by atoms with Crippen LogP contribution in [0.15, 0.2) is 49.5 Å². The summed E-state index contributed by atoms with van der Waals surface area (Å²) in [6.45, 7) is 0. The maximum absolute atomic E-state index is 12.3. The first-order valence-corrected chi connectivity index (χ1v) is 7.00. The van der Waals surface area contributed by atoms with Gasteiger partial charge in [-0.1, -0.05) is 30.3 Å². The van der Waals surface area contributed by atoms with E-state index >= 15 is 0 Å². The van der Waals surface area contributed by atoms with E-state index < -0.39 is 28.4 Å². The number of rotatable bonds is 1. The molecule has 0 atom stereocenters. The fraction of sp³-hybridized carbons (Fsp3) is 0.0667. The molecule has 3 aromatic rings. The van der Waals surface area contributed by atoms with Gasteiger partial charge in [0.1, 0.15) is 0 Å². The topological polar surface area (TPSA) is 141 Å². The van der Waals surface area contributed by atoms with Crippen LogP contribution in [-0.4, -0.2) is 19.9 Å². The van der Waals surface area contributed by atoms with Gasteiger partial charge in [0.2, 0.25) is 11.8 Å². The van der Waals surface area contributed by atoms with Gasteiger partial charge in [-0.2, -0.15) is 0 Å². The second-order valence-electron chi connectivity index (χ2n) is 5.25. The third-order valence-corrected chi connectivity index (χ3v) is 3.80. The van der Waals surface area contributed by atoms with Crippen molar-refractivity contribution >= 4 is 0 Å². The molecule has 4 N–H and O–H groups in total. The Kier molecular flexibility index (Phi) is 2.89. The normalized spacial score (nSPS) is 13.0. The lowest BCUT2D eigenvalue weighted by atomic mass is 9.86. The summed E-state index contributed by atoms with van der Waals surface area (Å²) >= 11 is 0. The Bertz CT molecular complexity index is 1100. The van der Waals surface area contributed by atoms with Gasteiger partial charge in [-0.25, -0.2) is 9.59 Å². The van der Waals surface area contributed by atoms with Crippen molar-refractivity contribution in [1.82, 2.24) is 19.9 Å². The van der Waals surface area contributed by atoms with Crippen molar-refractivity contribution in [1.29, 1.82) is 0 Å². The first-order valence-electron chi connectivity index (χ1n) is 7.00. The van der Waals surface area contributed by atoms with Crippen LogP contribution >= 0.6 is 0 Å². The predicted molar refractivity (Wildman–Crippen MR) is 82.8 cm³/mol. The molecular weight excluding hydrogens is 316 g/mol. The highest BCUT2D eigenvalue weighted by molar-refractivity contribution is 5.52. The minimum absolute atomic E-state index is 0.0887. The highest BCUT2D eigenvalue weighted by Crippen LogP contribution is 2.40. The summed E-state index contributed by atoms with van der Waals surface area (Å²) in [5, 5.41) is 0. The van der Waals surface area contributed by atoms with Crippen LogP contribution < -0.4 is 27.2 Å². The van der Waals surface area contributed by atoms with E-state index in [9.17, 15) is 19.2 Å². The average molecular weight is 326 g/mol. The minimum Gasteiger partial charge on any atom is -0.423 e. The Morgan fingerprint density at radius 1 is 0.708 bits per heavy atom. The van der Waals surface area contributed by atoms with Crippen molar-refractivity contribution in [3.05, 3.63) is 88.7 Å². The molecule has 1 aromatic carbocycles. The fourth-order valence-electron chi connectivity index (χ4n) is 2.86. The van der Waals surface area contributed by atoms with Crippen molar-refractivity contribution < 1.29 is 4.74 Å². The van der Waals surface area contributed by atoms with Gasteiger partial charge >= 0.3 is 11.4 Å². The summed E-state index contributed by atoms with van der Waals surface area (Å²) in [7, 11) is 0. The van der Waals surface area contributed by atoms with Crippen LogP contribution in [0.5, 0.6) is 11.8 Å². The summed E-state index contributed by atoms with van der Waals surface area (Å²) in [6, 6.07) is 8.77. The van der Waals surface area contributed by atoms with E-state index in [1.165, 1.54) is 0 Å². The third-order valence-electron chi connectivity index (χ3n) is 3.80. The SMILES string of the molecule is O=c1[nH]c2c(c(=O)[nH]1)C(c1ccccc1)c1c([nH]c(=O)[nH]c1=O)O2. The maximum atomic E-state index is 12.3. The van der Waals surface area contributed by atoms with Crippen LogP contribution in [0.1, 0.15) is 22.6 Å².